The zero-order valence-corrected chi connectivity index (χ0v) is 11.2. The van der Waals surface area contributed by atoms with Gasteiger partial charge in [-0.05, 0) is 43.6 Å². The third-order valence-electron chi connectivity index (χ3n) is 2.91. The van der Waals surface area contributed by atoms with Gasteiger partial charge in [-0.2, -0.15) is 0 Å². The molecule has 0 amide bonds. The van der Waals surface area contributed by atoms with Gasteiger partial charge >= 0.3 is 0 Å². The van der Waals surface area contributed by atoms with Gasteiger partial charge in [0.05, 0.1) is 0 Å². The van der Waals surface area contributed by atoms with Gasteiger partial charge in [-0.15, -0.1) is 0 Å². The topological polar surface area (TPSA) is 58.2 Å². The predicted molar refractivity (Wildman–Crippen MR) is 67.6 cm³/mol. The van der Waals surface area contributed by atoms with Crippen LogP contribution in [0.15, 0.2) is 23.1 Å². The van der Waals surface area contributed by atoms with E-state index in [0.717, 1.165) is 25.6 Å². The minimum Gasteiger partial charge on any atom is -0.316 e. The molecule has 1 aromatic rings. The Morgan fingerprint density at radius 2 is 2.28 bits per heavy atom. The van der Waals surface area contributed by atoms with Crippen molar-refractivity contribution in [3.63, 3.8) is 0 Å². The molecule has 0 aromatic heterocycles. The lowest BCUT2D eigenvalue weighted by Crippen LogP contribution is -2.30. The van der Waals surface area contributed by atoms with Gasteiger partial charge in [-0.25, -0.2) is 17.5 Å². The molecule has 100 valence electrons. The van der Waals surface area contributed by atoms with E-state index in [1.165, 1.54) is 12.1 Å². The maximum Gasteiger partial charge on any atom is 0.243 e. The summed E-state index contributed by atoms with van der Waals surface area (Å²) in [4.78, 5) is -0.363. The van der Waals surface area contributed by atoms with Crippen molar-refractivity contribution < 1.29 is 12.8 Å². The van der Waals surface area contributed by atoms with Gasteiger partial charge in [0.15, 0.2) is 0 Å². The van der Waals surface area contributed by atoms with Gasteiger partial charge in [0, 0.05) is 11.6 Å². The summed E-state index contributed by atoms with van der Waals surface area (Å²) in [7, 11) is -3.81. The van der Waals surface area contributed by atoms with E-state index < -0.39 is 15.8 Å². The molecule has 18 heavy (non-hydrogen) atoms. The van der Waals surface area contributed by atoms with Gasteiger partial charge in [0.1, 0.15) is 10.7 Å². The Kier molecular flexibility index (Phi) is 4.21. The molecule has 0 radical (unpaired) electrons. The number of hydrogen-bond acceptors (Lipinski definition) is 3. The van der Waals surface area contributed by atoms with Gasteiger partial charge in [-0.3, -0.25) is 0 Å². The Bertz CT molecular complexity index is 530. The van der Waals surface area contributed by atoms with Crippen LogP contribution in [0.25, 0.3) is 0 Å². The molecule has 0 bridgehead atoms. The molecule has 1 atom stereocenters. The first-order valence-electron chi connectivity index (χ1n) is 5.64. The molecule has 1 heterocycles. The van der Waals surface area contributed by atoms with Crippen LogP contribution >= 0.6 is 11.6 Å². The highest BCUT2D eigenvalue weighted by atomic mass is 35.5. The first-order chi connectivity index (χ1) is 8.49. The summed E-state index contributed by atoms with van der Waals surface area (Å²) in [6, 6.07) is 3.52. The molecule has 1 aliphatic heterocycles. The van der Waals surface area contributed by atoms with Crippen LogP contribution in [0, 0.1) is 11.7 Å². The van der Waals surface area contributed by atoms with E-state index >= 15 is 0 Å². The first-order valence-corrected chi connectivity index (χ1v) is 7.50. The molecule has 2 N–H and O–H groups in total. The van der Waals surface area contributed by atoms with Crippen molar-refractivity contribution in [3.05, 3.63) is 29.0 Å². The molecule has 7 heteroatoms. The SMILES string of the molecule is O=S(=O)(NCC1CCNC1)c1ccc(Cl)cc1F. The van der Waals surface area contributed by atoms with E-state index in [0.29, 0.717) is 6.54 Å². The quantitative estimate of drug-likeness (QED) is 0.881. The van der Waals surface area contributed by atoms with Crippen LogP contribution in [0.4, 0.5) is 4.39 Å². The number of sulfonamides is 1. The van der Waals surface area contributed by atoms with Crippen molar-refractivity contribution >= 4 is 21.6 Å². The summed E-state index contributed by atoms with van der Waals surface area (Å²) in [5, 5.41) is 3.31. The predicted octanol–water partition coefficient (Wildman–Crippen LogP) is 1.37. The zero-order chi connectivity index (χ0) is 13.2. The second-order valence-electron chi connectivity index (χ2n) is 4.29. The van der Waals surface area contributed by atoms with Crippen LogP contribution in [0.3, 0.4) is 0 Å². The largest absolute Gasteiger partial charge is 0.316 e. The van der Waals surface area contributed by atoms with Gasteiger partial charge in [0.25, 0.3) is 0 Å². The van der Waals surface area contributed by atoms with E-state index in [4.69, 9.17) is 11.6 Å². The molecule has 1 saturated heterocycles. The van der Waals surface area contributed by atoms with Crippen LogP contribution in [0.5, 0.6) is 0 Å². The van der Waals surface area contributed by atoms with Crippen LogP contribution in [-0.2, 0) is 10.0 Å². The lowest BCUT2D eigenvalue weighted by Gasteiger charge is -2.11. The maximum atomic E-state index is 13.5. The minimum atomic E-state index is -3.81. The number of hydrogen-bond donors (Lipinski definition) is 2. The molecule has 0 aliphatic carbocycles. The van der Waals surface area contributed by atoms with Crippen LogP contribution in [-0.4, -0.2) is 28.1 Å². The molecule has 1 aromatic carbocycles. The van der Waals surface area contributed by atoms with E-state index in [1.807, 2.05) is 0 Å². The molecular weight excluding hydrogens is 279 g/mol. The smallest absolute Gasteiger partial charge is 0.243 e. The van der Waals surface area contributed by atoms with E-state index in [-0.39, 0.29) is 15.8 Å². The number of benzene rings is 1. The molecule has 1 aliphatic rings. The fraction of sp³-hybridized carbons (Fsp3) is 0.455. The van der Waals surface area contributed by atoms with Crippen molar-refractivity contribution in [2.24, 2.45) is 5.92 Å². The highest BCUT2D eigenvalue weighted by Gasteiger charge is 2.22. The Balaban J connectivity index is 2.09. The molecule has 4 nitrogen and oxygen atoms in total. The van der Waals surface area contributed by atoms with Crippen LogP contribution in [0.2, 0.25) is 5.02 Å². The molecule has 0 spiro atoms. The van der Waals surface area contributed by atoms with Crippen molar-refractivity contribution in [3.8, 4) is 0 Å². The highest BCUT2D eigenvalue weighted by Crippen LogP contribution is 2.19. The summed E-state index contributed by atoms with van der Waals surface area (Å²) in [6.45, 7) is 1.99. The highest BCUT2D eigenvalue weighted by molar-refractivity contribution is 7.89. The Morgan fingerprint density at radius 3 is 2.89 bits per heavy atom. The van der Waals surface area contributed by atoms with Crippen LogP contribution < -0.4 is 10.0 Å². The molecular formula is C11H14ClFN2O2S. The normalized spacial score (nSPS) is 20.2. The van der Waals surface area contributed by atoms with E-state index in [2.05, 4.69) is 10.0 Å². The summed E-state index contributed by atoms with van der Waals surface area (Å²) in [5.41, 5.74) is 0. The maximum absolute atomic E-state index is 13.5. The third-order valence-corrected chi connectivity index (χ3v) is 4.60. The Labute approximate surface area is 111 Å². The second kappa shape index (κ2) is 5.52. The number of halogens is 2. The zero-order valence-electron chi connectivity index (χ0n) is 9.62. The lowest BCUT2D eigenvalue weighted by molar-refractivity contribution is 0.529. The lowest BCUT2D eigenvalue weighted by atomic mass is 10.1. The summed E-state index contributed by atoms with van der Waals surface area (Å²) >= 11 is 5.58. The first kappa shape index (κ1) is 13.7. The average Bonchev–Trinajstić information content (AvgIpc) is 2.78. The van der Waals surface area contributed by atoms with Gasteiger partial charge in [-0.1, -0.05) is 11.6 Å². The minimum absolute atomic E-state index is 0.173. The van der Waals surface area contributed by atoms with Crippen molar-refractivity contribution in [1.82, 2.24) is 10.0 Å². The van der Waals surface area contributed by atoms with E-state index in [9.17, 15) is 12.8 Å². The average molecular weight is 293 g/mol. The van der Waals surface area contributed by atoms with Crippen LogP contribution in [0.1, 0.15) is 6.42 Å². The molecule has 0 saturated carbocycles. The van der Waals surface area contributed by atoms with Crippen molar-refractivity contribution in [1.29, 1.82) is 0 Å². The standard InChI is InChI=1S/C11H14ClFN2O2S/c12-9-1-2-11(10(13)5-9)18(16,17)15-7-8-3-4-14-6-8/h1-2,5,8,14-15H,3-4,6-7H2. The number of rotatable bonds is 4. The van der Waals surface area contributed by atoms with Crippen molar-refractivity contribution in [2.75, 3.05) is 19.6 Å². The monoisotopic (exact) mass is 292 g/mol. The molecule has 2 rings (SSSR count). The fourth-order valence-corrected chi connectivity index (χ4v) is 3.22. The van der Waals surface area contributed by atoms with Gasteiger partial charge in [0.2, 0.25) is 10.0 Å². The second-order valence-corrected chi connectivity index (χ2v) is 6.46. The molecule has 1 fully saturated rings. The fourth-order valence-electron chi connectivity index (χ4n) is 1.89. The summed E-state index contributed by atoms with van der Waals surface area (Å²) in [5.74, 6) is -0.574. The van der Waals surface area contributed by atoms with Gasteiger partial charge < -0.3 is 5.32 Å². The summed E-state index contributed by atoms with van der Waals surface area (Å²) < 4.78 is 39.8. The summed E-state index contributed by atoms with van der Waals surface area (Å²) in [6.07, 6.45) is 0.922. The molecule has 1 unspecified atom stereocenters. The van der Waals surface area contributed by atoms with Crippen molar-refractivity contribution in [2.45, 2.75) is 11.3 Å². The van der Waals surface area contributed by atoms with E-state index in [1.54, 1.807) is 0 Å². The Hall–Kier alpha value is -0.690. The number of nitrogens with one attached hydrogen (secondary N) is 2. The Morgan fingerprint density at radius 1 is 1.50 bits per heavy atom. The third kappa shape index (κ3) is 3.20.